The first-order chi connectivity index (χ1) is 9.58. The Balaban J connectivity index is 1.89. The Morgan fingerprint density at radius 1 is 0.750 bits per heavy atom. The second-order valence-corrected chi connectivity index (χ2v) is 4.14. The first kappa shape index (κ1) is 14.5. The van der Waals surface area contributed by atoms with Crippen LogP contribution in [0.4, 0.5) is 17.6 Å². The van der Waals surface area contributed by atoms with Crippen LogP contribution in [0, 0.1) is 23.3 Å². The molecular weight excluding hydrogens is 272 g/mol. The first-order valence-electron chi connectivity index (χ1n) is 5.90. The predicted octanol–water partition coefficient (Wildman–Crippen LogP) is 3.04. The van der Waals surface area contributed by atoms with Gasteiger partial charge in [0.1, 0.15) is 23.3 Å². The lowest BCUT2D eigenvalue weighted by atomic mass is 10.2. The molecule has 0 saturated heterocycles. The molecule has 0 atom stereocenters. The largest absolute Gasteiger partial charge is 0.253 e. The highest BCUT2D eigenvalue weighted by molar-refractivity contribution is 5.20. The van der Waals surface area contributed by atoms with E-state index in [-0.39, 0.29) is 24.2 Å². The predicted molar refractivity (Wildman–Crippen MR) is 66.4 cm³/mol. The molecule has 0 aliphatic rings. The molecule has 0 aliphatic carbocycles. The van der Waals surface area contributed by atoms with Crippen molar-refractivity contribution in [3.63, 3.8) is 0 Å². The number of nitrogens with one attached hydrogen (secondary N) is 2. The number of hydrazine groups is 1. The lowest BCUT2D eigenvalue weighted by Crippen LogP contribution is -2.31. The lowest BCUT2D eigenvalue weighted by Gasteiger charge is -2.09. The fraction of sp³-hybridized carbons (Fsp3) is 0.143. The molecule has 0 fully saturated rings. The highest BCUT2D eigenvalue weighted by Crippen LogP contribution is 2.11. The van der Waals surface area contributed by atoms with Gasteiger partial charge in [-0.15, -0.1) is 0 Å². The number of benzene rings is 2. The average molecular weight is 284 g/mol. The zero-order valence-electron chi connectivity index (χ0n) is 10.4. The van der Waals surface area contributed by atoms with Gasteiger partial charge in [-0.2, -0.15) is 0 Å². The molecule has 0 aromatic heterocycles. The Bertz CT molecular complexity index is 581. The standard InChI is InChI=1S/C14H12F4N2/c15-10-4-5-12(16)9(6-10)7-19-20-8-11-13(17)2-1-3-14(11)18/h1-6,19-20H,7-8H2. The summed E-state index contributed by atoms with van der Waals surface area (Å²) in [4.78, 5) is 0. The van der Waals surface area contributed by atoms with Crippen molar-refractivity contribution in [1.29, 1.82) is 0 Å². The third-order valence-corrected chi connectivity index (χ3v) is 2.74. The van der Waals surface area contributed by atoms with Crippen LogP contribution in [0.2, 0.25) is 0 Å². The van der Waals surface area contributed by atoms with Crippen molar-refractivity contribution in [3.8, 4) is 0 Å². The Labute approximate surface area is 113 Å². The van der Waals surface area contributed by atoms with Crippen LogP contribution in [0.15, 0.2) is 36.4 Å². The van der Waals surface area contributed by atoms with Gasteiger partial charge in [-0.1, -0.05) is 6.07 Å². The molecule has 20 heavy (non-hydrogen) atoms. The van der Waals surface area contributed by atoms with Crippen molar-refractivity contribution < 1.29 is 17.6 Å². The zero-order chi connectivity index (χ0) is 14.5. The van der Waals surface area contributed by atoms with E-state index in [1.54, 1.807) is 0 Å². The fourth-order valence-electron chi connectivity index (χ4n) is 1.69. The molecule has 0 bridgehead atoms. The van der Waals surface area contributed by atoms with Crippen LogP contribution in [0.5, 0.6) is 0 Å². The van der Waals surface area contributed by atoms with Gasteiger partial charge in [0, 0.05) is 24.2 Å². The number of halogens is 4. The molecule has 2 aromatic rings. The zero-order valence-corrected chi connectivity index (χ0v) is 10.4. The normalized spacial score (nSPS) is 10.8. The first-order valence-corrected chi connectivity index (χ1v) is 5.90. The molecule has 6 heteroatoms. The molecule has 2 rings (SSSR count). The summed E-state index contributed by atoms with van der Waals surface area (Å²) in [5, 5.41) is 0. The molecule has 0 spiro atoms. The van der Waals surface area contributed by atoms with E-state index >= 15 is 0 Å². The van der Waals surface area contributed by atoms with Gasteiger partial charge in [-0.05, 0) is 30.3 Å². The number of rotatable bonds is 5. The summed E-state index contributed by atoms with van der Waals surface area (Å²) in [6, 6.07) is 6.64. The average Bonchev–Trinajstić information content (AvgIpc) is 2.41. The molecule has 2 aromatic carbocycles. The Morgan fingerprint density at radius 3 is 2.10 bits per heavy atom. The maximum Gasteiger partial charge on any atom is 0.130 e. The quantitative estimate of drug-likeness (QED) is 0.501. The van der Waals surface area contributed by atoms with E-state index in [0.717, 1.165) is 30.3 Å². The van der Waals surface area contributed by atoms with Crippen LogP contribution in [0.25, 0.3) is 0 Å². The van der Waals surface area contributed by atoms with Crippen LogP contribution in [-0.2, 0) is 13.1 Å². The van der Waals surface area contributed by atoms with Crippen molar-refractivity contribution in [2.75, 3.05) is 0 Å². The van der Waals surface area contributed by atoms with Crippen LogP contribution in [0.1, 0.15) is 11.1 Å². The van der Waals surface area contributed by atoms with Gasteiger partial charge in [0.05, 0.1) is 0 Å². The molecule has 0 aliphatic heterocycles. The smallest absolute Gasteiger partial charge is 0.130 e. The summed E-state index contributed by atoms with van der Waals surface area (Å²) >= 11 is 0. The molecule has 0 saturated carbocycles. The van der Waals surface area contributed by atoms with E-state index < -0.39 is 23.3 Å². The van der Waals surface area contributed by atoms with Gasteiger partial charge >= 0.3 is 0 Å². The molecule has 106 valence electrons. The minimum Gasteiger partial charge on any atom is -0.253 e. The third kappa shape index (κ3) is 3.55. The van der Waals surface area contributed by atoms with Crippen LogP contribution in [-0.4, -0.2) is 0 Å². The maximum absolute atomic E-state index is 13.3. The van der Waals surface area contributed by atoms with Crippen molar-refractivity contribution in [2.45, 2.75) is 13.1 Å². The summed E-state index contributed by atoms with van der Waals surface area (Å²) in [7, 11) is 0. The van der Waals surface area contributed by atoms with Crippen LogP contribution in [0.3, 0.4) is 0 Å². The molecule has 0 heterocycles. The fourth-order valence-corrected chi connectivity index (χ4v) is 1.69. The van der Waals surface area contributed by atoms with E-state index in [0.29, 0.717) is 0 Å². The Hall–Kier alpha value is -1.92. The molecular formula is C14H12F4N2. The third-order valence-electron chi connectivity index (χ3n) is 2.74. The SMILES string of the molecule is Fc1ccc(F)c(CNNCc2c(F)cccc2F)c1. The minimum absolute atomic E-state index is 0.0142. The van der Waals surface area contributed by atoms with Crippen molar-refractivity contribution in [2.24, 2.45) is 0 Å². The van der Waals surface area contributed by atoms with Gasteiger partial charge < -0.3 is 0 Å². The van der Waals surface area contributed by atoms with Crippen LogP contribution >= 0.6 is 0 Å². The highest BCUT2D eigenvalue weighted by atomic mass is 19.1. The van der Waals surface area contributed by atoms with Gasteiger partial charge in [-0.3, -0.25) is 10.9 Å². The van der Waals surface area contributed by atoms with Crippen molar-refractivity contribution in [1.82, 2.24) is 10.9 Å². The van der Waals surface area contributed by atoms with Crippen LogP contribution < -0.4 is 10.9 Å². The summed E-state index contributed by atoms with van der Waals surface area (Å²) in [6.45, 7) is -0.130. The van der Waals surface area contributed by atoms with Crippen molar-refractivity contribution in [3.05, 3.63) is 70.8 Å². The van der Waals surface area contributed by atoms with E-state index in [9.17, 15) is 17.6 Å². The van der Waals surface area contributed by atoms with Gasteiger partial charge in [0.2, 0.25) is 0 Å². The van der Waals surface area contributed by atoms with Crippen molar-refractivity contribution >= 4 is 0 Å². The Kier molecular flexibility index (Phi) is 4.70. The van der Waals surface area contributed by atoms with E-state index in [2.05, 4.69) is 10.9 Å². The molecule has 2 nitrogen and oxygen atoms in total. The minimum atomic E-state index is -0.670. The maximum atomic E-state index is 13.3. The summed E-state index contributed by atoms with van der Waals surface area (Å²) in [5.41, 5.74) is 5.13. The molecule has 0 unspecified atom stereocenters. The summed E-state index contributed by atoms with van der Waals surface area (Å²) < 4.78 is 52.8. The summed E-state index contributed by atoms with van der Waals surface area (Å²) in [5.74, 6) is -2.45. The Morgan fingerprint density at radius 2 is 1.40 bits per heavy atom. The van der Waals surface area contributed by atoms with Gasteiger partial charge in [0.15, 0.2) is 0 Å². The van der Waals surface area contributed by atoms with E-state index in [1.165, 1.54) is 6.07 Å². The lowest BCUT2D eigenvalue weighted by molar-refractivity contribution is 0.478. The molecule has 2 N–H and O–H groups in total. The second-order valence-electron chi connectivity index (χ2n) is 4.14. The second kappa shape index (κ2) is 6.49. The summed E-state index contributed by atoms with van der Waals surface area (Å²) in [6.07, 6.45) is 0. The molecule has 0 amide bonds. The highest BCUT2D eigenvalue weighted by Gasteiger charge is 2.08. The number of hydrogen-bond donors (Lipinski definition) is 2. The van der Waals surface area contributed by atoms with E-state index in [1.807, 2.05) is 0 Å². The van der Waals surface area contributed by atoms with Gasteiger partial charge in [-0.25, -0.2) is 17.6 Å². The number of hydrogen-bond acceptors (Lipinski definition) is 2. The van der Waals surface area contributed by atoms with E-state index in [4.69, 9.17) is 0 Å². The molecule has 0 radical (unpaired) electrons. The topological polar surface area (TPSA) is 24.1 Å². The van der Waals surface area contributed by atoms with Gasteiger partial charge in [0.25, 0.3) is 0 Å². The monoisotopic (exact) mass is 284 g/mol.